The Kier molecular flexibility index (Phi) is 5.41. The predicted octanol–water partition coefficient (Wildman–Crippen LogP) is 2.24. The number of amides is 3. The van der Waals surface area contributed by atoms with Crippen LogP contribution in [0.4, 0.5) is 9.93 Å². The molecule has 3 heterocycles. The number of rotatable bonds is 2. The van der Waals surface area contributed by atoms with Gasteiger partial charge in [-0.25, -0.2) is 9.78 Å². The van der Waals surface area contributed by atoms with E-state index in [-0.39, 0.29) is 23.8 Å². The van der Waals surface area contributed by atoms with Crippen molar-refractivity contribution in [2.45, 2.75) is 52.7 Å². The van der Waals surface area contributed by atoms with E-state index in [1.165, 1.54) is 11.3 Å². The van der Waals surface area contributed by atoms with Gasteiger partial charge in [-0.2, -0.15) is 0 Å². The highest BCUT2D eigenvalue weighted by Gasteiger charge is 2.34. The third kappa shape index (κ3) is 4.77. The van der Waals surface area contributed by atoms with Gasteiger partial charge in [0.25, 0.3) is 0 Å². The first-order valence-corrected chi connectivity index (χ1v) is 9.97. The maximum absolute atomic E-state index is 12.6. The van der Waals surface area contributed by atoms with Crippen molar-refractivity contribution in [1.29, 1.82) is 0 Å². The van der Waals surface area contributed by atoms with E-state index in [1.807, 2.05) is 20.8 Å². The zero-order valence-electron chi connectivity index (χ0n) is 16.2. The molecule has 3 rings (SSSR count). The molecule has 0 saturated carbocycles. The molecule has 148 valence electrons. The van der Waals surface area contributed by atoms with Crippen molar-refractivity contribution >= 4 is 34.4 Å². The molecule has 2 aliphatic rings. The lowest BCUT2D eigenvalue weighted by atomic mass is 10.1. The molecular formula is C18H26N4O4S. The molecule has 9 heteroatoms. The van der Waals surface area contributed by atoms with Gasteiger partial charge in [0.15, 0.2) is 5.13 Å². The van der Waals surface area contributed by atoms with Crippen LogP contribution in [0.2, 0.25) is 0 Å². The van der Waals surface area contributed by atoms with E-state index >= 15 is 0 Å². The summed E-state index contributed by atoms with van der Waals surface area (Å²) in [6.07, 6.45) is 0.928. The van der Waals surface area contributed by atoms with Crippen molar-refractivity contribution < 1.29 is 19.1 Å². The second kappa shape index (κ2) is 7.46. The van der Waals surface area contributed by atoms with E-state index in [9.17, 15) is 14.4 Å². The lowest BCUT2D eigenvalue weighted by molar-refractivity contribution is -0.129. The van der Waals surface area contributed by atoms with Crippen LogP contribution in [0.3, 0.4) is 0 Å². The van der Waals surface area contributed by atoms with Gasteiger partial charge in [0.05, 0.1) is 18.2 Å². The molecule has 3 amide bonds. The predicted molar refractivity (Wildman–Crippen MR) is 101 cm³/mol. The Labute approximate surface area is 162 Å². The summed E-state index contributed by atoms with van der Waals surface area (Å²) in [6.45, 7) is 9.10. The standard InChI is InChI=1S/C18H26N4O4S/c1-11(23)21-8-6-13-14(10-21)27-16(19-13)20-15(24)12-5-7-22(9-12)17(25)26-18(2,3)4/h12H,5-10H2,1-4H3,(H,19,20,24). The summed E-state index contributed by atoms with van der Waals surface area (Å²) in [4.78, 5) is 45.1. The fourth-order valence-electron chi connectivity index (χ4n) is 3.19. The van der Waals surface area contributed by atoms with Gasteiger partial charge in [-0.15, -0.1) is 0 Å². The molecule has 1 unspecified atom stereocenters. The SMILES string of the molecule is CC(=O)N1CCc2nc(NC(=O)C3CCN(C(=O)OC(C)(C)C)C3)sc2C1. The van der Waals surface area contributed by atoms with Crippen LogP contribution in [-0.2, 0) is 27.3 Å². The quantitative estimate of drug-likeness (QED) is 0.831. The summed E-state index contributed by atoms with van der Waals surface area (Å²) in [7, 11) is 0. The Morgan fingerprint density at radius 1 is 1.22 bits per heavy atom. The maximum atomic E-state index is 12.6. The van der Waals surface area contributed by atoms with Gasteiger partial charge in [-0.1, -0.05) is 11.3 Å². The first-order valence-electron chi connectivity index (χ1n) is 9.15. The number of fused-ring (bicyclic) bond motifs is 1. The fourth-order valence-corrected chi connectivity index (χ4v) is 4.22. The van der Waals surface area contributed by atoms with Crippen molar-refractivity contribution in [3.05, 3.63) is 10.6 Å². The summed E-state index contributed by atoms with van der Waals surface area (Å²) in [5.41, 5.74) is 0.403. The van der Waals surface area contributed by atoms with Gasteiger partial charge in [-0.3, -0.25) is 9.59 Å². The van der Waals surface area contributed by atoms with Gasteiger partial charge in [0, 0.05) is 37.9 Å². The van der Waals surface area contributed by atoms with E-state index in [0.717, 1.165) is 10.6 Å². The molecule has 1 N–H and O–H groups in total. The zero-order valence-corrected chi connectivity index (χ0v) is 17.0. The first-order chi connectivity index (χ1) is 12.6. The largest absolute Gasteiger partial charge is 0.444 e. The minimum atomic E-state index is -0.550. The number of carbonyl (C=O) groups excluding carboxylic acids is 3. The number of carbonyl (C=O) groups is 3. The fraction of sp³-hybridized carbons (Fsp3) is 0.667. The second-order valence-corrected chi connectivity index (χ2v) is 9.06. The van der Waals surface area contributed by atoms with Crippen molar-refractivity contribution in [3.8, 4) is 0 Å². The Morgan fingerprint density at radius 2 is 1.96 bits per heavy atom. The zero-order chi connectivity index (χ0) is 19.8. The smallest absolute Gasteiger partial charge is 0.410 e. The van der Waals surface area contributed by atoms with Crippen LogP contribution >= 0.6 is 11.3 Å². The van der Waals surface area contributed by atoms with Crippen molar-refractivity contribution in [1.82, 2.24) is 14.8 Å². The average Bonchev–Trinajstić information content (AvgIpc) is 3.19. The van der Waals surface area contributed by atoms with Gasteiger partial charge in [0.1, 0.15) is 5.60 Å². The van der Waals surface area contributed by atoms with Crippen LogP contribution in [0.15, 0.2) is 0 Å². The highest BCUT2D eigenvalue weighted by molar-refractivity contribution is 7.15. The Balaban J connectivity index is 1.56. The lowest BCUT2D eigenvalue weighted by Crippen LogP contribution is -2.36. The molecule has 1 aromatic rings. The average molecular weight is 394 g/mol. The lowest BCUT2D eigenvalue weighted by Gasteiger charge is -2.24. The highest BCUT2D eigenvalue weighted by atomic mass is 32.1. The molecule has 1 atom stereocenters. The molecule has 0 radical (unpaired) electrons. The monoisotopic (exact) mass is 394 g/mol. The van der Waals surface area contributed by atoms with Crippen molar-refractivity contribution in [2.75, 3.05) is 25.0 Å². The van der Waals surface area contributed by atoms with E-state index < -0.39 is 5.60 Å². The van der Waals surface area contributed by atoms with Crippen molar-refractivity contribution in [2.24, 2.45) is 5.92 Å². The Hall–Kier alpha value is -2.16. The van der Waals surface area contributed by atoms with E-state index in [0.29, 0.717) is 44.2 Å². The molecule has 1 saturated heterocycles. The molecular weight excluding hydrogens is 368 g/mol. The normalized spacial score (nSPS) is 19.6. The molecule has 27 heavy (non-hydrogen) atoms. The van der Waals surface area contributed by atoms with Gasteiger partial charge in [-0.05, 0) is 27.2 Å². The number of likely N-dealkylation sites (tertiary alicyclic amines) is 1. The number of hydrogen-bond donors (Lipinski definition) is 1. The number of aromatic nitrogens is 1. The minimum Gasteiger partial charge on any atom is -0.444 e. The molecule has 1 aromatic heterocycles. The molecule has 0 bridgehead atoms. The number of hydrogen-bond acceptors (Lipinski definition) is 6. The molecule has 0 aromatic carbocycles. The molecule has 8 nitrogen and oxygen atoms in total. The summed E-state index contributed by atoms with van der Waals surface area (Å²) >= 11 is 1.42. The molecule has 0 aliphatic carbocycles. The van der Waals surface area contributed by atoms with Gasteiger partial charge >= 0.3 is 6.09 Å². The molecule has 0 spiro atoms. The van der Waals surface area contributed by atoms with E-state index in [1.54, 1.807) is 16.7 Å². The third-order valence-electron chi connectivity index (χ3n) is 4.62. The maximum Gasteiger partial charge on any atom is 0.410 e. The summed E-state index contributed by atoms with van der Waals surface area (Å²) in [5, 5.41) is 3.44. The summed E-state index contributed by atoms with van der Waals surface area (Å²) in [5.74, 6) is -0.351. The van der Waals surface area contributed by atoms with Crippen LogP contribution in [0, 0.1) is 5.92 Å². The van der Waals surface area contributed by atoms with Crippen LogP contribution < -0.4 is 5.32 Å². The summed E-state index contributed by atoms with van der Waals surface area (Å²) in [6, 6.07) is 0. The molecule has 2 aliphatic heterocycles. The number of anilines is 1. The number of thiazole rings is 1. The number of ether oxygens (including phenoxy) is 1. The van der Waals surface area contributed by atoms with Crippen LogP contribution in [-0.4, -0.2) is 57.9 Å². The Bertz CT molecular complexity index is 755. The Morgan fingerprint density at radius 3 is 2.63 bits per heavy atom. The van der Waals surface area contributed by atoms with Gasteiger partial charge in [0.2, 0.25) is 11.8 Å². The number of nitrogens with one attached hydrogen (secondary N) is 1. The third-order valence-corrected chi connectivity index (χ3v) is 5.62. The highest BCUT2D eigenvalue weighted by Crippen LogP contribution is 2.29. The topological polar surface area (TPSA) is 91.8 Å². The van der Waals surface area contributed by atoms with Gasteiger partial charge < -0.3 is 19.9 Å². The first kappa shape index (κ1) is 19.6. The molecule has 1 fully saturated rings. The summed E-state index contributed by atoms with van der Waals surface area (Å²) < 4.78 is 5.37. The van der Waals surface area contributed by atoms with Crippen LogP contribution in [0.1, 0.15) is 44.7 Å². The second-order valence-electron chi connectivity index (χ2n) is 7.98. The minimum absolute atomic E-state index is 0.0489. The van der Waals surface area contributed by atoms with E-state index in [2.05, 4.69) is 10.3 Å². The number of nitrogens with zero attached hydrogens (tertiary/aromatic N) is 3. The van der Waals surface area contributed by atoms with E-state index in [4.69, 9.17) is 4.74 Å². The van der Waals surface area contributed by atoms with Crippen LogP contribution in [0.5, 0.6) is 0 Å². The van der Waals surface area contributed by atoms with Crippen molar-refractivity contribution in [3.63, 3.8) is 0 Å². The van der Waals surface area contributed by atoms with Crippen LogP contribution in [0.25, 0.3) is 0 Å².